The van der Waals surface area contributed by atoms with E-state index in [1.807, 2.05) is 35.2 Å². The molecule has 114 valence electrons. The molecule has 0 radical (unpaired) electrons. The van der Waals surface area contributed by atoms with Gasteiger partial charge in [-0.2, -0.15) is 0 Å². The Morgan fingerprint density at radius 3 is 2.43 bits per heavy atom. The minimum absolute atomic E-state index is 0.188. The number of thiocarbonyl (C=S) groups is 1. The number of rotatable bonds is 6. The van der Waals surface area contributed by atoms with Gasteiger partial charge in [-0.3, -0.25) is 4.79 Å². The Labute approximate surface area is 132 Å². The molecule has 0 bridgehead atoms. The van der Waals surface area contributed by atoms with Gasteiger partial charge >= 0.3 is 0 Å². The number of carbonyl (C=O) groups is 1. The summed E-state index contributed by atoms with van der Waals surface area (Å²) in [4.78, 5) is 15.5. The molecule has 0 aromatic heterocycles. The summed E-state index contributed by atoms with van der Waals surface area (Å²) in [5.74, 6) is 0.241. The summed E-state index contributed by atoms with van der Waals surface area (Å²) in [5, 5.41) is 0. The van der Waals surface area contributed by atoms with Crippen molar-refractivity contribution in [3.05, 3.63) is 30.3 Å². The second-order valence-electron chi connectivity index (χ2n) is 5.85. The first-order valence-corrected chi connectivity index (χ1v) is 8.15. The van der Waals surface area contributed by atoms with Crippen LogP contribution in [0.3, 0.4) is 0 Å². The van der Waals surface area contributed by atoms with Gasteiger partial charge in [-0.25, -0.2) is 0 Å². The zero-order chi connectivity index (χ0) is 15.3. The zero-order valence-electron chi connectivity index (χ0n) is 12.7. The lowest BCUT2D eigenvalue weighted by Crippen LogP contribution is -2.43. The molecule has 0 saturated heterocycles. The van der Waals surface area contributed by atoms with Gasteiger partial charge in [0.1, 0.15) is 0 Å². The number of para-hydroxylation sites is 1. The fourth-order valence-corrected chi connectivity index (χ4v) is 3.33. The van der Waals surface area contributed by atoms with Crippen LogP contribution in [0, 0.1) is 5.41 Å². The van der Waals surface area contributed by atoms with E-state index in [2.05, 4.69) is 6.92 Å². The SMILES string of the molecule is CCC1(C(=O)N(CCC(N)=S)c2ccccc2)CCCC1. The maximum Gasteiger partial charge on any atom is 0.233 e. The van der Waals surface area contributed by atoms with E-state index in [0.29, 0.717) is 18.0 Å². The topological polar surface area (TPSA) is 46.3 Å². The standard InChI is InChI=1S/C17H24N2OS/c1-2-17(11-6-7-12-17)16(20)19(13-10-15(18)21)14-8-4-3-5-9-14/h3-5,8-9H,2,6-7,10-13H2,1H3,(H2,18,21). The van der Waals surface area contributed by atoms with E-state index in [9.17, 15) is 4.79 Å². The Balaban J connectivity index is 2.26. The van der Waals surface area contributed by atoms with Gasteiger partial charge in [0.2, 0.25) is 5.91 Å². The predicted octanol–water partition coefficient (Wildman–Crippen LogP) is 3.67. The second-order valence-corrected chi connectivity index (χ2v) is 6.37. The van der Waals surface area contributed by atoms with Crippen molar-refractivity contribution in [3.63, 3.8) is 0 Å². The van der Waals surface area contributed by atoms with E-state index >= 15 is 0 Å². The third-order valence-corrected chi connectivity index (χ3v) is 4.79. The first kappa shape index (κ1) is 16.0. The molecule has 2 N–H and O–H groups in total. The zero-order valence-corrected chi connectivity index (χ0v) is 13.5. The number of nitrogens with two attached hydrogens (primary N) is 1. The van der Waals surface area contributed by atoms with Gasteiger partial charge in [0.05, 0.1) is 4.99 Å². The summed E-state index contributed by atoms with van der Waals surface area (Å²) in [6, 6.07) is 9.85. The number of carbonyl (C=O) groups excluding carboxylic acids is 1. The van der Waals surface area contributed by atoms with Crippen molar-refractivity contribution in [2.45, 2.75) is 45.4 Å². The summed E-state index contributed by atoms with van der Waals surface area (Å²) in [6.07, 6.45) is 5.77. The van der Waals surface area contributed by atoms with Crippen LogP contribution in [0.25, 0.3) is 0 Å². The molecule has 4 heteroatoms. The molecule has 0 heterocycles. The first-order valence-electron chi connectivity index (χ1n) is 7.74. The highest BCUT2D eigenvalue weighted by Crippen LogP contribution is 2.43. The number of hydrogen-bond donors (Lipinski definition) is 1. The minimum Gasteiger partial charge on any atom is -0.393 e. The van der Waals surface area contributed by atoms with Gasteiger partial charge in [0, 0.05) is 24.1 Å². The molecule has 1 aliphatic carbocycles. The maximum atomic E-state index is 13.2. The van der Waals surface area contributed by atoms with E-state index in [1.54, 1.807) is 0 Å². The molecule has 1 aromatic rings. The van der Waals surface area contributed by atoms with Gasteiger partial charge in [-0.1, -0.05) is 50.2 Å². The Kier molecular flexibility index (Phi) is 5.34. The Morgan fingerprint density at radius 1 is 1.29 bits per heavy atom. The van der Waals surface area contributed by atoms with Crippen LogP contribution >= 0.6 is 12.2 Å². The molecule has 0 unspecified atom stereocenters. The number of nitrogens with zero attached hydrogens (tertiary/aromatic N) is 1. The maximum absolute atomic E-state index is 13.2. The average Bonchev–Trinajstić information content (AvgIpc) is 2.98. The van der Waals surface area contributed by atoms with Gasteiger partial charge < -0.3 is 10.6 Å². The molecule has 1 amide bonds. The molecular formula is C17H24N2OS. The van der Waals surface area contributed by atoms with Crippen LogP contribution in [0.2, 0.25) is 0 Å². The largest absolute Gasteiger partial charge is 0.393 e. The highest BCUT2D eigenvalue weighted by Gasteiger charge is 2.42. The third-order valence-electron chi connectivity index (χ3n) is 4.59. The molecule has 1 aliphatic rings. The van der Waals surface area contributed by atoms with E-state index in [1.165, 1.54) is 0 Å². The van der Waals surface area contributed by atoms with Crippen molar-refractivity contribution in [2.75, 3.05) is 11.4 Å². The van der Waals surface area contributed by atoms with Crippen molar-refractivity contribution in [1.82, 2.24) is 0 Å². The highest BCUT2D eigenvalue weighted by atomic mass is 32.1. The molecule has 1 saturated carbocycles. The molecule has 1 aromatic carbocycles. The van der Waals surface area contributed by atoms with Crippen LogP contribution < -0.4 is 10.6 Å². The summed E-state index contributed by atoms with van der Waals surface area (Å²) in [7, 11) is 0. The van der Waals surface area contributed by atoms with Crippen LogP contribution in [0.15, 0.2) is 30.3 Å². The van der Waals surface area contributed by atoms with Crippen molar-refractivity contribution in [3.8, 4) is 0 Å². The smallest absolute Gasteiger partial charge is 0.233 e. The fraction of sp³-hybridized carbons (Fsp3) is 0.529. The molecule has 0 spiro atoms. The fourth-order valence-electron chi connectivity index (χ4n) is 3.23. The number of benzene rings is 1. The molecule has 21 heavy (non-hydrogen) atoms. The van der Waals surface area contributed by atoms with Gasteiger partial charge in [0.15, 0.2) is 0 Å². The van der Waals surface area contributed by atoms with Crippen LogP contribution in [0.5, 0.6) is 0 Å². The van der Waals surface area contributed by atoms with E-state index < -0.39 is 0 Å². The number of amides is 1. The van der Waals surface area contributed by atoms with Crippen molar-refractivity contribution < 1.29 is 4.79 Å². The molecule has 0 aliphatic heterocycles. The Bertz CT molecular complexity index is 495. The van der Waals surface area contributed by atoms with Crippen molar-refractivity contribution in [1.29, 1.82) is 0 Å². The first-order chi connectivity index (χ1) is 10.1. The molecule has 3 nitrogen and oxygen atoms in total. The van der Waals surface area contributed by atoms with E-state index in [-0.39, 0.29) is 11.3 Å². The average molecular weight is 304 g/mol. The summed E-state index contributed by atoms with van der Waals surface area (Å²) in [6.45, 7) is 2.69. The lowest BCUT2D eigenvalue weighted by Gasteiger charge is -2.34. The number of hydrogen-bond acceptors (Lipinski definition) is 2. The van der Waals surface area contributed by atoms with Crippen LogP contribution in [0.4, 0.5) is 5.69 Å². The normalized spacial score (nSPS) is 16.6. The Hall–Kier alpha value is -1.42. The molecule has 1 fully saturated rings. The lowest BCUT2D eigenvalue weighted by atomic mass is 9.81. The monoisotopic (exact) mass is 304 g/mol. The molecular weight excluding hydrogens is 280 g/mol. The summed E-state index contributed by atoms with van der Waals surface area (Å²) < 4.78 is 0. The quantitative estimate of drug-likeness (QED) is 0.816. The summed E-state index contributed by atoms with van der Waals surface area (Å²) >= 11 is 4.98. The van der Waals surface area contributed by atoms with Crippen LogP contribution in [-0.2, 0) is 4.79 Å². The minimum atomic E-state index is -0.188. The Morgan fingerprint density at radius 2 is 1.90 bits per heavy atom. The van der Waals surface area contributed by atoms with E-state index in [0.717, 1.165) is 37.8 Å². The molecule has 0 atom stereocenters. The van der Waals surface area contributed by atoms with Crippen LogP contribution in [-0.4, -0.2) is 17.4 Å². The third kappa shape index (κ3) is 3.62. The van der Waals surface area contributed by atoms with Crippen LogP contribution in [0.1, 0.15) is 45.4 Å². The lowest BCUT2D eigenvalue weighted by molar-refractivity contribution is -0.128. The highest BCUT2D eigenvalue weighted by molar-refractivity contribution is 7.80. The molecule has 2 rings (SSSR count). The predicted molar refractivity (Wildman–Crippen MR) is 91.4 cm³/mol. The van der Waals surface area contributed by atoms with Gasteiger partial charge in [0.25, 0.3) is 0 Å². The van der Waals surface area contributed by atoms with Crippen molar-refractivity contribution in [2.24, 2.45) is 11.1 Å². The summed E-state index contributed by atoms with van der Waals surface area (Å²) in [5.41, 5.74) is 6.39. The van der Waals surface area contributed by atoms with E-state index in [4.69, 9.17) is 18.0 Å². The van der Waals surface area contributed by atoms with Crippen molar-refractivity contribution >= 4 is 28.8 Å². The van der Waals surface area contributed by atoms with Gasteiger partial charge in [-0.15, -0.1) is 0 Å². The second kappa shape index (κ2) is 7.03. The van der Waals surface area contributed by atoms with Gasteiger partial charge in [-0.05, 0) is 31.4 Å². The number of anilines is 1.